The molecule has 1 atom stereocenters. The Hall–Kier alpha value is -2.11. The molecule has 1 saturated carbocycles. The second-order valence-corrected chi connectivity index (χ2v) is 6.10. The SMILES string of the molecule is Cl.NCC(NC(=O)c1cccc(COc2cccc(F)c2)c1)C1CC1. The van der Waals surface area contributed by atoms with Gasteiger partial charge < -0.3 is 15.8 Å². The van der Waals surface area contributed by atoms with Crippen LogP contribution in [0.15, 0.2) is 48.5 Å². The standard InChI is InChI=1S/C19H21FN2O2.ClH/c20-16-5-2-6-17(10-16)24-12-13-3-1-4-15(9-13)19(23)22-18(11-21)14-7-8-14;/h1-6,9-10,14,18H,7-8,11-12,21H2,(H,22,23);1H. The molecular weight excluding hydrogens is 343 g/mol. The smallest absolute Gasteiger partial charge is 0.251 e. The molecule has 134 valence electrons. The number of amides is 1. The predicted molar refractivity (Wildman–Crippen MR) is 97.5 cm³/mol. The van der Waals surface area contributed by atoms with E-state index in [1.165, 1.54) is 12.1 Å². The molecule has 3 N–H and O–H groups in total. The molecule has 1 unspecified atom stereocenters. The molecule has 2 aromatic carbocycles. The fourth-order valence-electron chi connectivity index (χ4n) is 2.65. The van der Waals surface area contributed by atoms with Crippen molar-refractivity contribution in [1.29, 1.82) is 0 Å². The van der Waals surface area contributed by atoms with E-state index in [0.717, 1.165) is 18.4 Å². The minimum atomic E-state index is -0.339. The molecule has 0 radical (unpaired) electrons. The molecule has 3 rings (SSSR count). The molecule has 0 saturated heterocycles. The first-order valence-corrected chi connectivity index (χ1v) is 8.14. The lowest BCUT2D eigenvalue weighted by atomic mass is 10.1. The van der Waals surface area contributed by atoms with E-state index < -0.39 is 0 Å². The maximum absolute atomic E-state index is 13.1. The maximum Gasteiger partial charge on any atom is 0.251 e. The number of halogens is 2. The van der Waals surface area contributed by atoms with Gasteiger partial charge >= 0.3 is 0 Å². The molecule has 4 nitrogen and oxygen atoms in total. The summed E-state index contributed by atoms with van der Waals surface area (Å²) < 4.78 is 18.7. The number of hydrogen-bond donors (Lipinski definition) is 2. The van der Waals surface area contributed by atoms with Gasteiger partial charge in [-0.3, -0.25) is 4.79 Å². The second-order valence-electron chi connectivity index (χ2n) is 6.10. The summed E-state index contributed by atoms with van der Waals surface area (Å²) in [6.45, 7) is 0.728. The molecule has 25 heavy (non-hydrogen) atoms. The highest BCUT2D eigenvalue weighted by molar-refractivity contribution is 5.94. The van der Waals surface area contributed by atoms with Crippen molar-refractivity contribution in [3.63, 3.8) is 0 Å². The Morgan fingerprint density at radius 2 is 2.00 bits per heavy atom. The molecular formula is C19H22ClFN2O2. The van der Waals surface area contributed by atoms with Crippen LogP contribution in [0.3, 0.4) is 0 Å². The number of carbonyl (C=O) groups excluding carboxylic acids is 1. The van der Waals surface area contributed by atoms with Gasteiger partial charge in [0.05, 0.1) is 0 Å². The van der Waals surface area contributed by atoms with Crippen LogP contribution in [0.4, 0.5) is 4.39 Å². The van der Waals surface area contributed by atoms with Gasteiger partial charge in [0.25, 0.3) is 5.91 Å². The number of rotatable bonds is 7. The van der Waals surface area contributed by atoms with Crippen molar-refractivity contribution < 1.29 is 13.9 Å². The number of hydrogen-bond acceptors (Lipinski definition) is 3. The molecule has 0 bridgehead atoms. The predicted octanol–water partition coefficient (Wildman–Crippen LogP) is 3.29. The van der Waals surface area contributed by atoms with Gasteiger partial charge in [0.15, 0.2) is 0 Å². The van der Waals surface area contributed by atoms with Crippen molar-refractivity contribution in [1.82, 2.24) is 5.32 Å². The van der Waals surface area contributed by atoms with Crippen molar-refractivity contribution in [2.45, 2.75) is 25.5 Å². The number of nitrogens with one attached hydrogen (secondary N) is 1. The normalized spacial score (nSPS) is 14.3. The monoisotopic (exact) mass is 364 g/mol. The Kier molecular flexibility index (Phi) is 6.79. The largest absolute Gasteiger partial charge is 0.489 e. The summed E-state index contributed by atoms with van der Waals surface area (Å²) in [6, 6.07) is 13.3. The van der Waals surface area contributed by atoms with Gasteiger partial charge in [-0.15, -0.1) is 12.4 Å². The third-order valence-electron chi connectivity index (χ3n) is 4.15. The number of carbonyl (C=O) groups is 1. The van der Waals surface area contributed by atoms with Crippen molar-refractivity contribution in [3.8, 4) is 5.75 Å². The summed E-state index contributed by atoms with van der Waals surface area (Å²) in [7, 11) is 0. The van der Waals surface area contributed by atoms with Crippen LogP contribution in [0, 0.1) is 11.7 Å². The minimum Gasteiger partial charge on any atom is -0.489 e. The summed E-state index contributed by atoms with van der Waals surface area (Å²) in [5.74, 6) is 0.513. The van der Waals surface area contributed by atoms with E-state index in [1.807, 2.05) is 12.1 Å². The van der Waals surface area contributed by atoms with E-state index in [1.54, 1.807) is 24.3 Å². The zero-order chi connectivity index (χ0) is 16.9. The van der Waals surface area contributed by atoms with Crippen LogP contribution in [0.1, 0.15) is 28.8 Å². The zero-order valence-electron chi connectivity index (χ0n) is 13.8. The number of nitrogens with two attached hydrogens (primary N) is 1. The van der Waals surface area contributed by atoms with Gasteiger partial charge in [-0.25, -0.2) is 4.39 Å². The lowest BCUT2D eigenvalue weighted by molar-refractivity contribution is 0.0933. The second kappa shape index (κ2) is 8.83. The highest BCUT2D eigenvalue weighted by Crippen LogP contribution is 2.32. The van der Waals surface area contributed by atoms with Gasteiger partial charge in [0, 0.05) is 24.2 Å². The zero-order valence-corrected chi connectivity index (χ0v) is 14.6. The summed E-state index contributed by atoms with van der Waals surface area (Å²) in [5.41, 5.74) is 7.16. The first-order chi connectivity index (χ1) is 11.7. The van der Waals surface area contributed by atoms with Crippen molar-refractivity contribution >= 4 is 18.3 Å². The topological polar surface area (TPSA) is 64.3 Å². The molecule has 1 aliphatic carbocycles. The molecule has 0 aliphatic heterocycles. The molecule has 2 aromatic rings. The number of ether oxygens (including phenoxy) is 1. The van der Waals surface area contributed by atoms with Gasteiger partial charge in [-0.1, -0.05) is 18.2 Å². The van der Waals surface area contributed by atoms with Crippen LogP contribution in [-0.4, -0.2) is 18.5 Å². The van der Waals surface area contributed by atoms with E-state index in [-0.39, 0.29) is 36.8 Å². The van der Waals surface area contributed by atoms with Crippen molar-refractivity contribution in [2.24, 2.45) is 11.7 Å². The number of benzene rings is 2. The summed E-state index contributed by atoms with van der Waals surface area (Å²) in [6.07, 6.45) is 2.26. The fraction of sp³-hybridized carbons (Fsp3) is 0.316. The van der Waals surface area contributed by atoms with Crippen LogP contribution in [0.5, 0.6) is 5.75 Å². The van der Waals surface area contributed by atoms with Crippen molar-refractivity contribution in [2.75, 3.05) is 6.54 Å². The van der Waals surface area contributed by atoms with Gasteiger partial charge in [0.1, 0.15) is 18.2 Å². The molecule has 1 fully saturated rings. The highest BCUT2D eigenvalue weighted by atomic mass is 35.5. The van der Waals surface area contributed by atoms with Crippen LogP contribution in [-0.2, 0) is 6.61 Å². The van der Waals surface area contributed by atoms with Crippen LogP contribution < -0.4 is 15.8 Å². The Morgan fingerprint density at radius 1 is 1.24 bits per heavy atom. The van der Waals surface area contributed by atoms with E-state index in [9.17, 15) is 9.18 Å². The minimum absolute atomic E-state index is 0. The molecule has 1 aliphatic rings. The fourth-order valence-corrected chi connectivity index (χ4v) is 2.65. The Bertz CT molecular complexity index is 722. The molecule has 0 spiro atoms. The van der Waals surface area contributed by atoms with Gasteiger partial charge in [0.2, 0.25) is 0 Å². The molecule has 0 aromatic heterocycles. The molecule has 1 amide bonds. The van der Waals surface area contributed by atoms with Crippen LogP contribution in [0.25, 0.3) is 0 Å². The average molecular weight is 365 g/mol. The van der Waals surface area contributed by atoms with Gasteiger partial charge in [-0.2, -0.15) is 0 Å². The Morgan fingerprint density at radius 3 is 2.68 bits per heavy atom. The lowest BCUT2D eigenvalue weighted by Crippen LogP contribution is -2.41. The first kappa shape index (κ1) is 19.2. The van der Waals surface area contributed by atoms with E-state index in [4.69, 9.17) is 10.5 Å². The summed E-state index contributed by atoms with van der Waals surface area (Å²) in [5, 5.41) is 3.00. The maximum atomic E-state index is 13.1. The Balaban J connectivity index is 0.00000225. The highest BCUT2D eigenvalue weighted by Gasteiger charge is 2.31. The Labute approximate surface area is 153 Å². The van der Waals surface area contributed by atoms with E-state index in [0.29, 0.717) is 23.8 Å². The quantitative estimate of drug-likeness (QED) is 0.792. The summed E-state index contributed by atoms with van der Waals surface area (Å²) >= 11 is 0. The van der Waals surface area contributed by atoms with Crippen molar-refractivity contribution in [3.05, 3.63) is 65.5 Å². The molecule has 6 heteroatoms. The lowest BCUT2D eigenvalue weighted by Gasteiger charge is -2.16. The van der Waals surface area contributed by atoms with Crippen LogP contribution >= 0.6 is 12.4 Å². The van der Waals surface area contributed by atoms with Gasteiger partial charge in [-0.05, 0) is 48.6 Å². The van der Waals surface area contributed by atoms with E-state index in [2.05, 4.69) is 5.32 Å². The van der Waals surface area contributed by atoms with Crippen LogP contribution in [0.2, 0.25) is 0 Å². The molecule has 0 heterocycles. The average Bonchev–Trinajstić information content (AvgIpc) is 3.43. The van der Waals surface area contributed by atoms with E-state index >= 15 is 0 Å². The third kappa shape index (κ3) is 5.44. The first-order valence-electron chi connectivity index (χ1n) is 8.14. The summed E-state index contributed by atoms with van der Waals surface area (Å²) in [4.78, 5) is 12.4. The third-order valence-corrected chi connectivity index (χ3v) is 4.15.